The number of nitrogens with one attached hydrogen (secondary N) is 1. The molecule has 104 valence electrons. The molecule has 1 heterocycles. The molecule has 0 fully saturated rings. The van der Waals surface area contributed by atoms with Crippen LogP contribution in [0.3, 0.4) is 0 Å². The van der Waals surface area contributed by atoms with Crippen molar-refractivity contribution in [3.8, 4) is 17.2 Å². The van der Waals surface area contributed by atoms with Gasteiger partial charge in [-0.05, 0) is 29.8 Å². The van der Waals surface area contributed by atoms with Crippen LogP contribution >= 0.6 is 0 Å². The van der Waals surface area contributed by atoms with Gasteiger partial charge in [-0.15, -0.1) is 0 Å². The summed E-state index contributed by atoms with van der Waals surface area (Å²) in [5, 5.41) is 3.31. The third kappa shape index (κ3) is 2.30. The number of para-hydroxylation sites is 1. The molecule has 0 atom stereocenters. The van der Waals surface area contributed by atoms with E-state index in [0.29, 0.717) is 18.0 Å². The molecule has 3 N–H and O–H groups in total. The van der Waals surface area contributed by atoms with Crippen molar-refractivity contribution < 1.29 is 14.2 Å². The summed E-state index contributed by atoms with van der Waals surface area (Å²) in [5.74, 6) is 2.23. The second kappa shape index (κ2) is 5.21. The fraction of sp³-hybridized carbons (Fsp3) is 0.200. The molecule has 2 aromatic carbocycles. The molecule has 0 saturated carbocycles. The highest BCUT2D eigenvalue weighted by Gasteiger charge is 2.13. The SMILES string of the molecule is COc1c(N)cccc1NCc1ccc2c(c1)OCO2. The molecular formula is C15H16N2O3. The number of nitrogens with two attached hydrogens (primary N) is 1. The Morgan fingerprint density at radius 1 is 1.20 bits per heavy atom. The minimum atomic E-state index is 0.287. The summed E-state index contributed by atoms with van der Waals surface area (Å²) in [6.45, 7) is 0.936. The van der Waals surface area contributed by atoms with Crippen LogP contribution in [-0.4, -0.2) is 13.9 Å². The van der Waals surface area contributed by atoms with Gasteiger partial charge in [0.15, 0.2) is 17.2 Å². The molecule has 0 aliphatic carbocycles. The molecule has 0 spiro atoms. The Morgan fingerprint density at radius 2 is 2.05 bits per heavy atom. The molecule has 0 unspecified atom stereocenters. The molecule has 0 amide bonds. The molecule has 2 aromatic rings. The third-order valence-corrected chi connectivity index (χ3v) is 3.17. The molecule has 0 saturated heterocycles. The molecule has 1 aliphatic heterocycles. The lowest BCUT2D eigenvalue weighted by Gasteiger charge is -2.13. The Balaban J connectivity index is 1.75. The Bertz CT molecular complexity index is 629. The van der Waals surface area contributed by atoms with E-state index < -0.39 is 0 Å². The van der Waals surface area contributed by atoms with Crippen molar-refractivity contribution in [3.63, 3.8) is 0 Å². The van der Waals surface area contributed by atoms with Crippen molar-refractivity contribution >= 4 is 11.4 Å². The number of hydrogen-bond donors (Lipinski definition) is 2. The predicted octanol–water partition coefficient (Wildman–Crippen LogP) is 2.62. The maximum absolute atomic E-state index is 5.87. The van der Waals surface area contributed by atoms with Gasteiger partial charge in [0.25, 0.3) is 0 Å². The van der Waals surface area contributed by atoms with E-state index in [4.69, 9.17) is 19.9 Å². The minimum Gasteiger partial charge on any atom is -0.492 e. The van der Waals surface area contributed by atoms with Crippen LogP contribution in [0.5, 0.6) is 17.2 Å². The van der Waals surface area contributed by atoms with Gasteiger partial charge in [-0.2, -0.15) is 0 Å². The highest BCUT2D eigenvalue weighted by molar-refractivity contribution is 5.69. The quantitative estimate of drug-likeness (QED) is 0.837. The largest absolute Gasteiger partial charge is 0.492 e. The first-order valence-corrected chi connectivity index (χ1v) is 6.33. The first-order valence-electron chi connectivity index (χ1n) is 6.33. The number of nitrogen functional groups attached to an aromatic ring is 1. The smallest absolute Gasteiger partial charge is 0.231 e. The molecule has 0 bridgehead atoms. The summed E-state index contributed by atoms with van der Waals surface area (Å²) >= 11 is 0. The molecule has 20 heavy (non-hydrogen) atoms. The number of anilines is 2. The maximum atomic E-state index is 5.87. The zero-order valence-electron chi connectivity index (χ0n) is 11.2. The Labute approximate surface area is 117 Å². The van der Waals surface area contributed by atoms with Gasteiger partial charge < -0.3 is 25.3 Å². The lowest BCUT2D eigenvalue weighted by Crippen LogP contribution is -2.03. The molecule has 0 radical (unpaired) electrons. The lowest BCUT2D eigenvalue weighted by molar-refractivity contribution is 0.174. The highest BCUT2D eigenvalue weighted by atomic mass is 16.7. The van der Waals surface area contributed by atoms with Crippen LogP contribution in [0.15, 0.2) is 36.4 Å². The van der Waals surface area contributed by atoms with Crippen LogP contribution in [0.1, 0.15) is 5.56 Å². The average Bonchev–Trinajstić information content (AvgIpc) is 2.92. The van der Waals surface area contributed by atoms with Crippen molar-refractivity contribution in [2.24, 2.45) is 0 Å². The fourth-order valence-corrected chi connectivity index (χ4v) is 2.17. The normalized spacial score (nSPS) is 12.2. The molecule has 1 aliphatic rings. The molecule has 5 heteroatoms. The predicted molar refractivity (Wildman–Crippen MR) is 77.3 cm³/mol. The number of hydrogen-bond acceptors (Lipinski definition) is 5. The minimum absolute atomic E-state index is 0.287. The van der Waals surface area contributed by atoms with Crippen LogP contribution < -0.4 is 25.3 Å². The highest BCUT2D eigenvalue weighted by Crippen LogP contribution is 2.34. The van der Waals surface area contributed by atoms with E-state index in [1.165, 1.54) is 0 Å². The Hall–Kier alpha value is -2.56. The van der Waals surface area contributed by atoms with Gasteiger partial charge in [0, 0.05) is 6.54 Å². The van der Waals surface area contributed by atoms with Crippen LogP contribution in [0.4, 0.5) is 11.4 Å². The number of ether oxygens (including phenoxy) is 3. The van der Waals surface area contributed by atoms with E-state index in [1.807, 2.05) is 36.4 Å². The second-order valence-corrected chi connectivity index (χ2v) is 4.47. The third-order valence-electron chi connectivity index (χ3n) is 3.17. The zero-order valence-corrected chi connectivity index (χ0v) is 11.2. The first-order chi connectivity index (χ1) is 9.78. The van der Waals surface area contributed by atoms with Gasteiger partial charge in [0.2, 0.25) is 6.79 Å². The molecule has 0 aromatic heterocycles. The van der Waals surface area contributed by atoms with Crippen LogP contribution in [-0.2, 0) is 6.54 Å². The second-order valence-electron chi connectivity index (χ2n) is 4.47. The number of benzene rings is 2. The summed E-state index contributed by atoms with van der Waals surface area (Å²) < 4.78 is 16.0. The van der Waals surface area contributed by atoms with Crippen molar-refractivity contribution in [1.29, 1.82) is 0 Å². The molecule has 5 nitrogen and oxygen atoms in total. The Morgan fingerprint density at radius 3 is 2.90 bits per heavy atom. The van der Waals surface area contributed by atoms with E-state index in [2.05, 4.69) is 5.32 Å². The van der Waals surface area contributed by atoms with Crippen LogP contribution in [0.25, 0.3) is 0 Å². The van der Waals surface area contributed by atoms with Gasteiger partial charge in [0.1, 0.15) is 0 Å². The van der Waals surface area contributed by atoms with Gasteiger partial charge in [-0.25, -0.2) is 0 Å². The van der Waals surface area contributed by atoms with E-state index in [1.54, 1.807) is 7.11 Å². The number of rotatable bonds is 4. The van der Waals surface area contributed by atoms with Crippen LogP contribution in [0.2, 0.25) is 0 Å². The van der Waals surface area contributed by atoms with Gasteiger partial charge in [0.05, 0.1) is 18.5 Å². The zero-order chi connectivity index (χ0) is 13.9. The van der Waals surface area contributed by atoms with Gasteiger partial charge >= 0.3 is 0 Å². The molecule has 3 rings (SSSR count). The van der Waals surface area contributed by atoms with E-state index in [9.17, 15) is 0 Å². The average molecular weight is 272 g/mol. The topological polar surface area (TPSA) is 65.7 Å². The summed E-state index contributed by atoms with van der Waals surface area (Å²) in [6, 6.07) is 11.5. The number of fused-ring (bicyclic) bond motifs is 1. The fourth-order valence-electron chi connectivity index (χ4n) is 2.17. The van der Waals surface area contributed by atoms with Crippen molar-refractivity contribution in [2.75, 3.05) is 25.0 Å². The van der Waals surface area contributed by atoms with Crippen molar-refractivity contribution in [3.05, 3.63) is 42.0 Å². The van der Waals surface area contributed by atoms with E-state index in [0.717, 1.165) is 22.7 Å². The van der Waals surface area contributed by atoms with E-state index >= 15 is 0 Å². The van der Waals surface area contributed by atoms with Gasteiger partial charge in [-0.3, -0.25) is 0 Å². The maximum Gasteiger partial charge on any atom is 0.231 e. The standard InChI is InChI=1S/C15H16N2O3/c1-18-15-11(16)3-2-4-12(15)17-8-10-5-6-13-14(7-10)20-9-19-13/h2-7,17H,8-9,16H2,1H3. The Kier molecular flexibility index (Phi) is 3.25. The molecular weight excluding hydrogens is 256 g/mol. The van der Waals surface area contributed by atoms with Crippen LogP contribution in [0, 0.1) is 0 Å². The lowest BCUT2D eigenvalue weighted by atomic mass is 10.2. The summed E-state index contributed by atoms with van der Waals surface area (Å²) in [5.41, 5.74) is 8.45. The van der Waals surface area contributed by atoms with Gasteiger partial charge in [-0.1, -0.05) is 12.1 Å². The van der Waals surface area contributed by atoms with E-state index in [-0.39, 0.29) is 6.79 Å². The first kappa shape index (κ1) is 12.5. The summed E-state index contributed by atoms with van der Waals surface area (Å²) in [7, 11) is 1.61. The van der Waals surface area contributed by atoms with Crippen molar-refractivity contribution in [1.82, 2.24) is 0 Å². The number of methoxy groups -OCH3 is 1. The monoisotopic (exact) mass is 272 g/mol. The summed E-state index contributed by atoms with van der Waals surface area (Å²) in [4.78, 5) is 0. The van der Waals surface area contributed by atoms with Crippen molar-refractivity contribution in [2.45, 2.75) is 6.54 Å². The summed E-state index contributed by atoms with van der Waals surface area (Å²) in [6.07, 6.45) is 0.